The Morgan fingerprint density at radius 1 is 0.735 bits per heavy atom. The number of aromatic nitrogens is 8. The Kier molecular flexibility index (Phi) is 29.7. The first-order valence-electron chi connectivity index (χ1n) is 25.1. The predicted octanol–water partition coefficient (Wildman–Crippen LogP) is 8.15. The van der Waals surface area contributed by atoms with Gasteiger partial charge in [-0.1, -0.05) is 69.1 Å². The molecule has 0 bridgehead atoms. The fraction of sp³-hybridized carbons (Fsp3) is 0.382. The smallest absolute Gasteiger partial charge is 0.373 e. The third-order valence-electron chi connectivity index (χ3n) is 11.7. The number of carboxylic acids is 1. The number of hydrogen-bond donors (Lipinski definition) is 3. The van der Waals surface area contributed by atoms with Crippen molar-refractivity contribution in [1.82, 2.24) is 39.0 Å². The largest absolute Gasteiger partial charge is 0.478 e. The van der Waals surface area contributed by atoms with Crippen molar-refractivity contribution >= 4 is 89.1 Å². The van der Waals surface area contributed by atoms with E-state index in [1.54, 1.807) is 42.7 Å². The highest BCUT2D eigenvalue weighted by molar-refractivity contribution is 6.92. The average molecular weight is 1230 g/mol. The lowest BCUT2D eigenvalue weighted by Gasteiger charge is -2.17. The second kappa shape index (κ2) is 34.3. The quantitative estimate of drug-likeness (QED) is 0.0697. The van der Waals surface area contributed by atoms with Crippen LogP contribution in [-0.2, 0) is 38.1 Å². The molecule has 0 spiro atoms. The fourth-order valence-corrected chi connectivity index (χ4v) is 8.12. The summed E-state index contributed by atoms with van der Waals surface area (Å²) in [5.74, 6) is -4.41. The van der Waals surface area contributed by atoms with E-state index in [-0.39, 0.29) is 59.9 Å². The molecule has 2 aliphatic heterocycles. The number of hydrogen-bond acceptors (Lipinski definition) is 17. The number of carboxylic acid groups (broad SMARTS) is 1. The first kappa shape index (κ1) is 71.8. The molecule has 83 heavy (non-hydrogen) atoms. The number of benzene rings is 1. The topological polar surface area (TPSA) is 304 Å². The number of aryl methyl sites for hydroxylation is 2. The Labute approximate surface area is 490 Å². The Balaban J connectivity index is 0.000000375. The van der Waals surface area contributed by atoms with Gasteiger partial charge in [-0.2, -0.15) is 29.4 Å². The minimum Gasteiger partial charge on any atom is -0.478 e. The summed E-state index contributed by atoms with van der Waals surface area (Å²) in [6.45, 7) is 18.1. The van der Waals surface area contributed by atoms with E-state index in [0.29, 0.717) is 40.5 Å². The van der Waals surface area contributed by atoms with E-state index in [1.807, 2.05) is 41.5 Å². The highest BCUT2D eigenvalue weighted by Crippen LogP contribution is 2.28. The molecule has 22 nitrogen and oxygen atoms in total. The summed E-state index contributed by atoms with van der Waals surface area (Å²) >= 11 is 11.5. The average Bonchev–Trinajstić information content (AvgIpc) is 4.27. The molecule has 2 aliphatic rings. The Morgan fingerprint density at radius 3 is 1.45 bits per heavy atom. The molecule has 448 valence electrons. The number of carbonyl (C=O) groups is 3. The van der Waals surface area contributed by atoms with Gasteiger partial charge in [0.2, 0.25) is 6.10 Å². The number of aliphatic carboxylic acids is 1. The van der Waals surface area contributed by atoms with Crippen LogP contribution in [0.25, 0.3) is 33.4 Å². The van der Waals surface area contributed by atoms with Crippen LogP contribution in [0.5, 0.6) is 0 Å². The lowest BCUT2D eigenvalue weighted by atomic mass is 10.0. The van der Waals surface area contributed by atoms with Crippen molar-refractivity contribution in [3.8, 4) is 11.4 Å². The van der Waals surface area contributed by atoms with Gasteiger partial charge in [0, 0.05) is 32.5 Å². The van der Waals surface area contributed by atoms with Crippen LogP contribution < -0.4 is 22.5 Å². The van der Waals surface area contributed by atoms with Crippen molar-refractivity contribution in [2.45, 2.75) is 118 Å². The third kappa shape index (κ3) is 20.2. The SMILES string of the molecule is CC(=O)O[C@@H](COC(=O)c1ccccc1)C(=O)O.CC1CCCO1.CC1CCCO1.Cc1ccnc(C(C)C)c1-n1c(=O)[nH]c(=O)c2cc(F)c(Cl)nc21.Cc1ccnc(C(C)C)c1-n1c(=O)[nH]c(=O)c2cc(F)c(Cl)nc21.O=C=O.P.P. The molecule has 8 heterocycles. The van der Waals surface area contributed by atoms with E-state index in [2.05, 4.69) is 48.5 Å². The number of aromatic amines is 2. The molecule has 0 amide bonds. The number of nitrogens with zero attached hydrogens (tertiary/aromatic N) is 6. The summed E-state index contributed by atoms with van der Waals surface area (Å²) in [4.78, 5) is 119. The van der Waals surface area contributed by atoms with Crippen LogP contribution in [0, 0.1) is 25.5 Å². The van der Waals surface area contributed by atoms with Gasteiger partial charge < -0.3 is 24.1 Å². The molecule has 3 N–H and O–H groups in total. The second-order valence-electron chi connectivity index (χ2n) is 18.6. The summed E-state index contributed by atoms with van der Waals surface area (Å²) in [6.07, 6.45) is 8.20. The van der Waals surface area contributed by atoms with Gasteiger partial charge in [0.05, 0.1) is 51.3 Å². The minimum absolute atomic E-state index is 0. The monoisotopic (exact) mass is 1230 g/mol. The summed E-state index contributed by atoms with van der Waals surface area (Å²) in [6, 6.07) is 13.5. The maximum Gasteiger partial charge on any atom is 0.373 e. The van der Waals surface area contributed by atoms with Crippen molar-refractivity contribution in [1.29, 1.82) is 0 Å². The maximum absolute atomic E-state index is 13.7. The first-order chi connectivity index (χ1) is 38.3. The van der Waals surface area contributed by atoms with E-state index < -0.39 is 75.1 Å². The van der Waals surface area contributed by atoms with E-state index in [0.717, 1.165) is 43.4 Å². The zero-order chi connectivity index (χ0) is 60.2. The van der Waals surface area contributed by atoms with Gasteiger partial charge in [-0.3, -0.25) is 34.3 Å². The van der Waals surface area contributed by atoms with Crippen molar-refractivity contribution in [2.75, 3.05) is 19.8 Å². The molecular weight excluding hydrogens is 1170 g/mol. The number of H-pyrrole nitrogens is 2. The predicted molar refractivity (Wildman–Crippen MR) is 316 cm³/mol. The van der Waals surface area contributed by atoms with Crippen LogP contribution >= 0.6 is 43.0 Å². The van der Waals surface area contributed by atoms with Crippen molar-refractivity contribution in [3.63, 3.8) is 0 Å². The van der Waals surface area contributed by atoms with Crippen LogP contribution in [0.3, 0.4) is 0 Å². The van der Waals surface area contributed by atoms with Crippen LogP contribution in [0.15, 0.2) is 86.2 Å². The van der Waals surface area contributed by atoms with Crippen LogP contribution in [0.2, 0.25) is 10.3 Å². The summed E-state index contributed by atoms with van der Waals surface area (Å²) in [5, 5.41) is 7.80. The maximum atomic E-state index is 13.7. The number of halogens is 4. The highest BCUT2D eigenvalue weighted by Gasteiger charge is 2.24. The molecule has 2 fully saturated rings. The van der Waals surface area contributed by atoms with Crippen molar-refractivity contribution in [2.24, 2.45) is 0 Å². The van der Waals surface area contributed by atoms with Gasteiger partial charge in [-0.15, -0.1) is 0 Å². The van der Waals surface area contributed by atoms with Gasteiger partial charge in [0.25, 0.3) is 11.1 Å². The van der Waals surface area contributed by atoms with Crippen LogP contribution in [0.1, 0.15) is 119 Å². The zero-order valence-corrected chi connectivity index (χ0v) is 51.4. The Bertz CT molecular complexity index is 3440. The standard InChI is InChI=1S/2C16H14ClFN4O2.C12H12O6.2C5H10O.CO2.2H3P/c2*1-7(2)11-12(8(3)4-5-19-11)22-14-9(15(23)21-16(22)24)6-10(18)13(17)20-14;1-8(13)18-10(11(14)15)7-17-12(16)9-5-3-2-4-6-9;2*1-5-3-2-4-6-5;2-1-3;;/h2*4-7H,1-3H3,(H,21,23,24);2-6,10H,7H2,1H3,(H,14,15);2*5H,2-4H2,1H3;;2*1H3/t;;10-;;;;;/m..0...../s1. The highest BCUT2D eigenvalue weighted by atomic mass is 35.5. The molecule has 2 saturated heterocycles. The second-order valence-corrected chi connectivity index (χ2v) is 19.3. The number of ether oxygens (including phenoxy) is 4. The van der Waals surface area contributed by atoms with E-state index >= 15 is 0 Å². The molecule has 5 atom stereocenters. The van der Waals surface area contributed by atoms with Gasteiger partial charge in [-0.05, 0) is 113 Å². The van der Waals surface area contributed by atoms with Crippen molar-refractivity contribution in [3.05, 3.63) is 159 Å². The Morgan fingerprint density at radius 2 is 1.13 bits per heavy atom. The molecule has 4 unspecified atom stereocenters. The molecule has 28 heteroatoms. The fourth-order valence-electron chi connectivity index (χ4n) is 7.85. The summed E-state index contributed by atoms with van der Waals surface area (Å²) < 4.78 is 49.4. The lowest BCUT2D eigenvalue weighted by Crippen LogP contribution is -2.32. The molecule has 0 radical (unpaired) electrons. The minimum atomic E-state index is -1.49. The van der Waals surface area contributed by atoms with Crippen molar-refractivity contribution < 1.29 is 56.8 Å². The molecule has 1 aromatic carbocycles. The van der Waals surface area contributed by atoms with Crippen LogP contribution in [0.4, 0.5) is 8.78 Å². The summed E-state index contributed by atoms with van der Waals surface area (Å²) in [7, 11) is 0. The number of rotatable bonds is 9. The number of fused-ring (bicyclic) bond motifs is 2. The molecule has 0 aliphatic carbocycles. The molecular formula is C55H66Cl2F2N8O14P2. The van der Waals surface area contributed by atoms with Crippen LogP contribution in [-0.4, -0.2) is 106 Å². The molecule has 9 rings (SSSR count). The molecule has 0 saturated carbocycles. The number of carbonyl (C=O) groups excluding carboxylic acids is 4. The van der Waals surface area contributed by atoms with Gasteiger partial charge in [-0.25, -0.2) is 47.1 Å². The number of nitrogens with one attached hydrogen (secondary N) is 2. The third-order valence-corrected chi connectivity index (χ3v) is 12.2. The summed E-state index contributed by atoms with van der Waals surface area (Å²) in [5.41, 5.74) is 1.36. The first-order valence-corrected chi connectivity index (χ1v) is 25.9. The van der Waals surface area contributed by atoms with Gasteiger partial charge in [0.1, 0.15) is 6.61 Å². The zero-order valence-electron chi connectivity index (χ0n) is 47.1. The molecule has 7 aromatic rings. The lowest BCUT2D eigenvalue weighted by molar-refractivity contribution is -0.191. The van der Waals surface area contributed by atoms with E-state index in [4.69, 9.17) is 52.1 Å². The number of esters is 2. The molecule has 6 aromatic heterocycles. The van der Waals surface area contributed by atoms with E-state index in [9.17, 15) is 42.3 Å². The normalized spacial score (nSPS) is 14.2. The van der Waals surface area contributed by atoms with E-state index in [1.165, 1.54) is 47.0 Å². The van der Waals surface area contributed by atoms with Gasteiger partial charge in [0.15, 0.2) is 33.2 Å². The van der Waals surface area contributed by atoms with Gasteiger partial charge >= 0.3 is 35.4 Å². The number of pyridine rings is 4. The Hall–Kier alpha value is -7.29.